The van der Waals surface area contributed by atoms with Crippen molar-refractivity contribution in [3.05, 3.63) is 28.7 Å². The molecule has 0 bridgehead atoms. The van der Waals surface area contributed by atoms with Crippen molar-refractivity contribution in [2.45, 2.75) is 46.1 Å². The molecule has 0 N–H and O–H groups in total. The van der Waals surface area contributed by atoms with Crippen molar-refractivity contribution in [2.24, 2.45) is 0 Å². The van der Waals surface area contributed by atoms with Crippen LogP contribution in [0.15, 0.2) is 23.1 Å². The van der Waals surface area contributed by atoms with Crippen LogP contribution in [0, 0.1) is 0 Å². The number of likely N-dealkylation sites (tertiary alicyclic amines) is 1. The first-order valence-corrected chi connectivity index (χ1v) is 11.2. The number of thioether (sulfide) groups is 1. The summed E-state index contributed by atoms with van der Waals surface area (Å²) in [6.07, 6.45) is 4.66. The van der Waals surface area contributed by atoms with Gasteiger partial charge >= 0.3 is 0 Å². The Hall–Kier alpha value is -2.48. The quantitative estimate of drug-likeness (QED) is 0.608. The number of hydrogen-bond acceptors (Lipinski definition) is 6. The average Bonchev–Trinajstić information content (AvgIpc) is 2.98. The van der Waals surface area contributed by atoms with Crippen molar-refractivity contribution in [1.82, 2.24) is 9.80 Å². The molecule has 2 fully saturated rings. The highest BCUT2D eigenvalue weighted by Gasteiger charge is 2.38. The third kappa shape index (κ3) is 4.98. The Labute approximate surface area is 181 Å². The Morgan fingerprint density at radius 1 is 1.17 bits per heavy atom. The van der Waals surface area contributed by atoms with Crippen LogP contribution in [0.4, 0.5) is 4.79 Å². The maximum absolute atomic E-state index is 12.8. The van der Waals surface area contributed by atoms with Gasteiger partial charge in [-0.1, -0.05) is 6.07 Å². The zero-order valence-electron chi connectivity index (χ0n) is 17.7. The Morgan fingerprint density at radius 3 is 2.60 bits per heavy atom. The van der Waals surface area contributed by atoms with Gasteiger partial charge in [-0.05, 0) is 75.6 Å². The van der Waals surface area contributed by atoms with Gasteiger partial charge in [-0.3, -0.25) is 19.3 Å². The summed E-state index contributed by atoms with van der Waals surface area (Å²) in [5, 5.41) is -0.416. The van der Waals surface area contributed by atoms with Crippen molar-refractivity contribution < 1.29 is 23.9 Å². The molecule has 7 nitrogen and oxygen atoms in total. The van der Waals surface area contributed by atoms with Crippen molar-refractivity contribution in [1.29, 1.82) is 0 Å². The summed E-state index contributed by atoms with van der Waals surface area (Å²) in [6, 6.07) is 5.51. The largest absolute Gasteiger partial charge is 0.490 e. The smallest absolute Gasteiger partial charge is 0.294 e. The number of nitrogens with zero attached hydrogens (tertiary/aromatic N) is 2. The second-order valence-electron chi connectivity index (χ2n) is 7.27. The lowest BCUT2D eigenvalue weighted by Crippen LogP contribution is -2.47. The third-order valence-electron chi connectivity index (χ3n) is 5.16. The third-order valence-corrected chi connectivity index (χ3v) is 6.06. The van der Waals surface area contributed by atoms with Gasteiger partial charge in [0.05, 0.1) is 18.1 Å². The average molecular weight is 433 g/mol. The molecule has 0 saturated carbocycles. The van der Waals surface area contributed by atoms with E-state index in [-0.39, 0.29) is 18.5 Å². The second-order valence-corrected chi connectivity index (χ2v) is 8.27. The molecule has 1 atom stereocenters. The van der Waals surface area contributed by atoms with Gasteiger partial charge in [0, 0.05) is 12.6 Å². The first kappa shape index (κ1) is 22.2. The molecule has 162 valence electrons. The maximum Gasteiger partial charge on any atom is 0.294 e. The van der Waals surface area contributed by atoms with Crippen molar-refractivity contribution in [2.75, 3.05) is 26.3 Å². The lowest BCUT2D eigenvalue weighted by molar-refractivity contribution is -0.138. The van der Waals surface area contributed by atoms with Crippen LogP contribution in [0.3, 0.4) is 0 Å². The van der Waals surface area contributed by atoms with E-state index in [1.165, 1.54) is 0 Å². The molecule has 2 saturated heterocycles. The molecule has 2 heterocycles. The number of imide groups is 1. The van der Waals surface area contributed by atoms with Crippen LogP contribution in [0.2, 0.25) is 0 Å². The summed E-state index contributed by atoms with van der Waals surface area (Å²) in [6.45, 7) is 7.25. The van der Waals surface area contributed by atoms with Gasteiger partial charge in [-0.2, -0.15) is 0 Å². The fourth-order valence-corrected chi connectivity index (χ4v) is 4.48. The Kier molecular flexibility index (Phi) is 7.42. The molecule has 0 spiro atoms. The van der Waals surface area contributed by atoms with Crippen LogP contribution in [-0.4, -0.2) is 59.2 Å². The first-order valence-electron chi connectivity index (χ1n) is 10.4. The SMILES string of the molecule is CCOc1ccc(/C=C2\SC(=O)N(CC(=O)N3CCCC[C@@H]3C)C2=O)cc1OCC. The monoisotopic (exact) mass is 432 g/mol. The van der Waals surface area contributed by atoms with Gasteiger partial charge in [-0.15, -0.1) is 0 Å². The van der Waals surface area contributed by atoms with E-state index >= 15 is 0 Å². The molecule has 0 unspecified atom stereocenters. The number of amides is 3. The van der Waals surface area contributed by atoms with Crippen LogP contribution in [0.25, 0.3) is 6.08 Å². The molecule has 3 rings (SSSR count). The highest BCUT2D eigenvalue weighted by Crippen LogP contribution is 2.35. The van der Waals surface area contributed by atoms with Gasteiger partial charge in [0.15, 0.2) is 11.5 Å². The van der Waals surface area contributed by atoms with E-state index in [0.717, 1.165) is 41.5 Å². The molecule has 0 aliphatic carbocycles. The van der Waals surface area contributed by atoms with Crippen molar-refractivity contribution in [3.8, 4) is 11.5 Å². The molecular weight excluding hydrogens is 404 g/mol. The molecule has 30 heavy (non-hydrogen) atoms. The number of ether oxygens (including phenoxy) is 2. The number of rotatable bonds is 7. The zero-order chi connectivity index (χ0) is 21.7. The van der Waals surface area contributed by atoms with Crippen LogP contribution < -0.4 is 9.47 Å². The van der Waals surface area contributed by atoms with E-state index < -0.39 is 11.1 Å². The van der Waals surface area contributed by atoms with Crippen molar-refractivity contribution in [3.63, 3.8) is 0 Å². The van der Waals surface area contributed by atoms with E-state index in [4.69, 9.17) is 9.47 Å². The van der Waals surface area contributed by atoms with Gasteiger partial charge in [0.1, 0.15) is 6.54 Å². The first-order chi connectivity index (χ1) is 14.4. The van der Waals surface area contributed by atoms with Gasteiger partial charge in [0.25, 0.3) is 11.1 Å². The summed E-state index contributed by atoms with van der Waals surface area (Å²) in [7, 11) is 0. The van der Waals surface area contributed by atoms with Crippen molar-refractivity contribution >= 4 is 34.9 Å². The number of carbonyl (C=O) groups excluding carboxylic acids is 3. The summed E-state index contributed by atoms with van der Waals surface area (Å²) in [5.74, 6) is 0.604. The topological polar surface area (TPSA) is 76.2 Å². The Balaban J connectivity index is 1.74. The van der Waals surface area contributed by atoms with Gasteiger partial charge in [0.2, 0.25) is 5.91 Å². The second kappa shape index (κ2) is 10.0. The van der Waals surface area contributed by atoms with E-state index in [9.17, 15) is 14.4 Å². The van der Waals surface area contributed by atoms with Crippen LogP contribution in [0.5, 0.6) is 11.5 Å². The molecule has 2 aliphatic rings. The Morgan fingerprint density at radius 2 is 1.90 bits per heavy atom. The van der Waals surface area contributed by atoms with E-state index in [2.05, 4.69) is 0 Å². The predicted octanol–water partition coefficient (Wildman–Crippen LogP) is 3.92. The predicted molar refractivity (Wildman–Crippen MR) is 116 cm³/mol. The molecular formula is C22H28N2O5S. The number of hydrogen-bond donors (Lipinski definition) is 0. The zero-order valence-corrected chi connectivity index (χ0v) is 18.5. The number of carbonyl (C=O) groups is 3. The number of benzene rings is 1. The minimum absolute atomic E-state index is 0.141. The highest BCUT2D eigenvalue weighted by molar-refractivity contribution is 8.18. The normalized spacial score (nSPS) is 20.8. The lowest BCUT2D eigenvalue weighted by Gasteiger charge is -2.34. The van der Waals surface area contributed by atoms with Crippen LogP contribution in [0.1, 0.15) is 45.6 Å². The maximum atomic E-state index is 12.8. The van der Waals surface area contributed by atoms with E-state index in [0.29, 0.717) is 36.2 Å². The summed E-state index contributed by atoms with van der Waals surface area (Å²) in [4.78, 5) is 41.0. The molecule has 1 aromatic carbocycles. The highest BCUT2D eigenvalue weighted by atomic mass is 32.2. The Bertz CT molecular complexity index is 854. The minimum Gasteiger partial charge on any atom is -0.490 e. The number of piperidine rings is 1. The van der Waals surface area contributed by atoms with Gasteiger partial charge < -0.3 is 14.4 Å². The van der Waals surface area contributed by atoms with E-state index in [1.807, 2.05) is 26.8 Å². The fourth-order valence-electron chi connectivity index (χ4n) is 3.64. The molecule has 2 aliphatic heterocycles. The lowest BCUT2D eigenvalue weighted by atomic mass is 10.0. The molecule has 0 radical (unpaired) electrons. The van der Waals surface area contributed by atoms with Crippen LogP contribution >= 0.6 is 11.8 Å². The molecule has 0 aromatic heterocycles. The molecule has 8 heteroatoms. The summed E-state index contributed by atoms with van der Waals surface area (Å²) >= 11 is 0.855. The van der Waals surface area contributed by atoms with Crippen LogP contribution in [-0.2, 0) is 9.59 Å². The summed E-state index contributed by atoms with van der Waals surface area (Å²) in [5.41, 5.74) is 0.725. The van der Waals surface area contributed by atoms with E-state index in [1.54, 1.807) is 23.1 Å². The van der Waals surface area contributed by atoms with Gasteiger partial charge in [-0.25, -0.2) is 0 Å². The standard InChI is InChI=1S/C22H28N2O5S/c1-4-28-17-10-9-16(12-18(17)29-5-2)13-19-21(26)24(22(27)30-19)14-20(25)23-11-7-6-8-15(23)3/h9-10,12-13,15H,4-8,11,14H2,1-3H3/b19-13-/t15-/m0/s1. The molecule has 1 aromatic rings. The fraction of sp³-hybridized carbons (Fsp3) is 0.500. The minimum atomic E-state index is -0.435. The molecule has 3 amide bonds. The summed E-state index contributed by atoms with van der Waals surface area (Å²) < 4.78 is 11.2.